The predicted molar refractivity (Wildman–Crippen MR) is 103 cm³/mol. The summed E-state index contributed by atoms with van der Waals surface area (Å²) in [6.07, 6.45) is 0. The van der Waals surface area contributed by atoms with E-state index in [0.29, 0.717) is 13.1 Å². The van der Waals surface area contributed by atoms with Crippen LogP contribution in [0.2, 0.25) is 0 Å². The Kier molecular flexibility index (Phi) is 7.90. The minimum Gasteiger partial charge on any atom is -0.378 e. The highest BCUT2D eigenvalue weighted by Gasteiger charge is 2.17. The summed E-state index contributed by atoms with van der Waals surface area (Å²) in [4.78, 5) is 28.0. The molecule has 0 aromatic heterocycles. The van der Waals surface area contributed by atoms with Crippen LogP contribution in [0.3, 0.4) is 0 Å². The van der Waals surface area contributed by atoms with E-state index < -0.39 is 0 Å². The van der Waals surface area contributed by atoms with Gasteiger partial charge in [-0.15, -0.1) is 0 Å². The van der Waals surface area contributed by atoms with Gasteiger partial charge in [-0.2, -0.15) is 0 Å². The molecule has 0 radical (unpaired) electrons. The van der Waals surface area contributed by atoms with E-state index in [-0.39, 0.29) is 30.4 Å². The molecule has 2 N–H and O–H groups in total. The highest BCUT2D eigenvalue weighted by atomic mass is 16.2. The van der Waals surface area contributed by atoms with Gasteiger partial charge in [0.15, 0.2) is 0 Å². The Hall–Kier alpha value is -2.08. The van der Waals surface area contributed by atoms with Crippen LogP contribution < -0.4 is 15.5 Å². The first-order chi connectivity index (χ1) is 11.6. The zero-order valence-electron chi connectivity index (χ0n) is 16.3. The van der Waals surface area contributed by atoms with Crippen molar-refractivity contribution in [2.24, 2.45) is 0 Å². The van der Waals surface area contributed by atoms with Crippen molar-refractivity contribution < 1.29 is 9.59 Å². The van der Waals surface area contributed by atoms with Crippen molar-refractivity contribution in [2.45, 2.75) is 39.8 Å². The van der Waals surface area contributed by atoms with Gasteiger partial charge in [-0.3, -0.25) is 14.5 Å². The quantitative estimate of drug-likeness (QED) is 0.749. The summed E-state index contributed by atoms with van der Waals surface area (Å²) >= 11 is 0. The molecule has 0 fully saturated rings. The summed E-state index contributed by atoms with van der Waals surface area (Å²) in [5.41, 5.74) is 1.90. The molecular weight excluding hydrogens is 316 g/mol. The molecule has 140 valence electrons. The first-order valence-electron chi connectivity index (χ1n) is 8.67. The first kappa shape index (κ1) is 21.0. The third kappa shape index (κ3) is 8.54. The maximum atomic E-state index is 12.1. The molecule has 0 saturated heterocycles. The van der Waals surface area contributed by atoms with Crippen molar-refractivity contribution in [3.8, 4) is 0 Å². The minimum absolute atomic E-state index is 0.0681. The summed E-state index contributed by atoms with van der Waals surface area (Å²) in [6, 6.07) is 8.06. The topological polar surface area (TPSA) is 64.7 Å². The molecular formula is C19H32N4O2. The lowest BCUT2D eigenvalue weighted by atomic mass is 10.1. The van der Waals surface area contributed by atoms with Crippen LogP contribution in [-0.2, 0) is 16.1 Å². The number of rotatable bonds is 8. The maximum absolute atomic E-state index is 12.1. The highest BCUT2D eigenvalue weighted by Crippen LogP contribution is 2.11. The fourth-order valence-corrected chi connectivity index (χ4v) is 2.31. The summed E-state index contributed by atoms with van der Waals surface area (Å²) in [6.45, 7) is 9.32. The molecule has 1 rings (SSSR count). The standard InChI is InChI=1S/C19H32N4O2/c1-7-23(14-18(25)21-19(2,3)4)13-17(24)20-12-15-8-10-16(11-9-15)22(5)6/h8-11H,7,12-14H2,1-6H3,(H,20,24)(H,21,25). The Morgan fingerprint density at radius 1 is 1.00 bits per heavy atom. The zero-order chi connectivity index (χ0) is 19.0. The zero-order valence-corrected chi connectivity index (χ0v) is 16.3. The molecule has 0 spiro atoms. The van der Waals surface area contributed by atoms with Crippen LogP contribution in [0.5, 0.6) is 0 Å². The number of carbonyl (C=O) groups excluding carboxylic acids is 2. The minimum atomic E-state index is -0.266. The Balaban J connectivity index is 2.44. The Labute approximate surface area is 151 Å². The van der Waals surface area contributed by atoms with Gasteiger partial charge in [-0.05, 0) is 45.0 Å². The van der Waals surface area contributed by atoms with Crippen LogP contribution in [0.4, 0.5) is 5.69 Å². The van der Waals surface area contributed by atoms with Crippen molar-refractivity contribution in [3.63, 3.8) is 0 Å². The third-order valence-corrected chi connectivity index (χ3v) is 3.64. The molecule has 0 atom stereocenters. The van der Waals surface area contributed by atoms with Crippen molar-refractivity contribution in [3.05, 3.63) is 29.8 Å². The maximum Gasteiger partial charge on any atom is 0.234 e. The molecule has 0 unspecified atom stereocenters. The lowest BCUT2D eigenvalue weighted by Gasteiger charge is -2.24. The lowest BCUT2D eigenvalue weighted by molar-refractivity contribution is -0.125. The van der Waals surface area contributed by atoms with Gasteiger partial charge >= 0.3 is 0 Å². The van der Waals surface area contributed by atoms with E-state index in [0.717, 1.165) is 11.3 Å². The van der Waals surface area contributed by atoms with Crippen LogP contribution in [0, 0.1) is 0 Å². The number of amides is 2. The number of hydrogen-bond donors (Lipinski definition) is 2. The largest absolute Gasteiger partial charge is 0.378 e. The van der Waals surface area contributed by atoms with Crippen LogP contribution >= 0.6 is 0 Å². The van der Waals surface area contributed by atoms with E-state index in [1.807, 2.05) is 75.9 Å². The van der Waals surface area contributed by atoms with Gasteiger partial charge < -0.3 is 15.5 Å². The normalized spacial score (nSPS) is 11.3. The molecule has 0 aliphatic rings. The number of nitrogens with one attached hydrogen (secondary N) is 2. The first-order valence-corrected chi connectivity index (χ1v) is 8.67. The molecule has 1 aromatic carbocycles. The second kappa shape index (κ2) is 9.42. The van der Waals surface area contributed by atoms with Crippen LogP contribution in [0.15, 0.2) is 24.3 Å². The number of carbonyl (C=O) groups is 2. The molecule has 25 heavy (non-hydrogen) atoms. The van der Waals surface area contributed by atoms with Gasteiger partial charge in [0.25, 0.3) is 0 Å². The van der Waals surface area contributed by atoms with Crippen molar-refractivity contribution in [2.75, 3.05) is 38.6 Å². The lowest BCUT2D eigenvalue weighted by Crippen LogP contribution is -2.47. The van der Waals surface area contributed by atoms with Crippen molar-refractivity contribution in [1.29, 1.82) is 0 Å². The Morgan fingerprint density at radius 3 is 2.04 bits per heavy atom. The average molecular weight is 348 g/mol. The highest BCUT2D eigenvalue weighted by molar-refractivity contribution is 5.81. The fraction of sp³-hybridized carbons (Fsp3) is 0.579. The summed E-state index contributed by atoms with van der Waals surface area (Å²) in [5.74, 6) is -0.150. The van der Waals surface area contributed by atoms with Crippen LogP contribution in [0.1, 0.15) is 33.3 Å². The summed E-state index contributed by atoms with van der Waals surface area (Å²) in [5, 5.41) is 5.82. The van der Waals surface area contributed by atoms with Crippen molar-refractivity contribution in [1.82, 2.24) is 15.5 Å². The molecule has 0 saturated carbocycles. The van der Waals surface area contributed by atoms with Gasteiger partial charge in [0.05, 0.1) is 13.1 Å². The molecule has 1 aromatic rings. The van der Waals surface area contributed by atoms with Gasteiger partial charge in [0.2, 0.25) is 11.8 Å². The molecule has 0 bridgehead atoms. The van der Waals surface area contributed by atoms with Gasteiger partial charge in [0, 0.05) is 31.9 Å². The molecule has 6 nitrogen and oxygen atoms in total. The predicted octanol–water partition coefficient (Wildman–Crippen LogP) is 1.61. The molecule has 6 heteroatoms. The Bertz CT molecular complexity index is 562. The number of hydrogen-bond acceptors (Lipinski definition) is 4. The third-order valence-electron chi connectivity index (χ3n) is 3.64. The molecule has 0 aliphatic carbocycles. The second-order valence-electron chi connectivity index (χ2n) is 7.44. The average Bonchev–Trinajstić information content (AvgIpc) is 2.50. The smallest absolute Gasteiger partial charge is 0.234 e. The number of nitrogens with zero attached hydrogens (tertiary/aromatic N) is 2. The number of likely N-dealkylation sites (N-methyl/N-ethyl adjacent to an activating group) is 1. The SMILES string of the molecule is CCN(CC(=O)NCc1ccc(N(C)C)cc1)CC(=O)NC(C)(C)C. The van der Waals surface area contributed by atoms with Crippen LogP contribution in [-0.4, -0.2) is 56.0 Å². The fourth-order valence-electron chi connectivity index (χ4n) is 2.31. The van der Waals surface area contributed by atoms with Crippen LogP contribution in [0.25, 0.3) is 0 Å². The summed E-state index contributed by atoms with van der Waals surface area (Å²) in [7, 11) is 3.98. The molecule has 2 amide bonds. The van der Waals surface area contributed by atoms with Crippen molar-refractivity contribution >= 4 is 17.5 Å². The number of benzene rings is 1. The molecule has 0 aliphatic heterocycles. The second-order valence-corrected chi connectivity index (χ2v) is 7.44. The van der Waals surface area contributed by atoms with E-state index in [9.17, 15) is 9.59 Å². The van der Waals surface area contributed by atoms with E-state index in [1.54, 1.807) is 0 Å². The van der Waals surface area contributed by atoms with Gasteiger partial charge in [0.1, 0.15) is 0 Å². The summed E-state index contributed by atoms with van der Waals surface area (Å²) < 4.78 is 0. The van der Waals surface area contributed by atoms with E-state index in [2.05, 4.69) is 10.6 Å². The van der Waals surface area contributed by atoms with Gasteiger partial charge in [-0.1, -0.05) is 19.1 Å². The number of anilines is 1. The van der Waals surface area contributed by atoms with E-state index >= 15 is 0 Å². The van der Waals surface area contributed by atoms with E-state index in [4.69, 9.17) is 0 Å². The molecule has 0 heterocycles. The Morgan fingerprint density at radius 2 is 1.56 bits per heavy atom. The monoisotopic (exact) mass is 348 g/mol. The van der Waals surface area contributed by atoms with E-state index in [1.165, 1.54) is 0 Å². The van der Waals surface area contributed by atoms with Gasteiger partial charge in [-0.25, -0.2) is 0 Å².